The first-order valence-electron chi connectivity index (χ1n) is 7.34. The van der Waals surface area contributed by atoms with Gasteiger partial charge in [0, 0.05) is 13.0 Å². The summed E-state index contributed by atoms with van der Waals surface area (Å²) < 4.78 is 0.763. The van der Waals surface area contributed by atoms with Gasteiger partial charge in [0.15, 0.2) is 5.78 Å². The van der Waals surface area contributed by atoms with Crippen LogP contribution in [0, 0.1) is 6.92 Å². The summed E-state index contributed by atoms with van der Waals surface area (Å²) in [5.41, 5.74) is 8.45. The molecule has 2 rings (SSSR count). The quantitative estimate of drug-likeness (QED) is 0.816. The van der Waals surface area contributed by atoms with Crippen LogP contribution in [0.3, 0.4) is 0 Å². The first-order chi connectivity index (χ1) is 10.0. The van der Waals surface area contributed by atoms with E-state index in [2.05, 4.69) is 13.0 Å². The number of carbonyl (C=O) groups excluding carboxylic acids is 1. The van der Waals surface area contributed by atoms with Gasteiger partial charge in [0.25, 0.3) is 0 Å². The molecule has 1 aromatic carbocycles. The smallest absolute Gasteiger partial charge is 0.154 e. The summed E-state index contributed by atoms with van der Waals surface area (Å²) >= 11 is 6.82. The van der Waals surface area contributed by atoms with Crippen LogP contribution >= 0.6 is 24.0 Å². The molecule has 3 nitrogen and oxygen atoms in total. The Kier molecular flexibility index (Phi) is 5.79. The average Bonchev–Trinajstić information content (AvgIpc) is 2.72. The van der Waals surface area contributed by atoms with Crippen molar-refractivity contribution in [2.75, 3.05) is 6.54 Å². The Morgan fingerprint density at radius 2 is 2.24 bits per heavy atom. The van der Waals surface area contributed by atoms with Gasteiger partial charge in [-0.3, -0.25) is 4.79 Å². The van der Waals surface area contributed by atoms with E-state index in [0.717, 1.165) is 29.3 Å². The van der Waals surface area contributed by atoms with E-state index in [-0.39, 0.29) is 17.2 Å². The Morgan fingerprint density at radius 3 is 2.90 bits per heavy atom. The van der Waals surface area contributed by atoms with Gasteiger partial charge in [-0.15, -0.1) is 0 Å². The molecule has 1 heterocycles. The lowest BCUT2D eigenvalue weighted by Crippen LogP contribution is -2.46. The number of benzene rings is 1. The lowest BCUT2D eigenvalue weighted by Gasteiger charge is -2.24. The number of thiocarbonyl (C=S) groups is 1. The summed E-state index contributed by atoms with van der Waals surface area (Å²) in [6, 6.07) is 8.06. The molecule has 0 aliphatic carbocycles. The van der Waals surface area contributed by atoms with Crippen molar-refractivity contribution in [3.05, 3.63) is 35.4 Å². The topological polar surface area (TPSA) is 46.3 Å². The first-order valence-corrected chi connectivity index (χ1v) is 8.62. The summed E-state index contributed by atoms with van der Waals surface area (Å²) in [7, 11) is 0. The number of unbranched alkanes of at least 4 members (excludes halogenated alkanes) is 1. The summed E-state index contributed by atoms with van der Waals surface area (Å²) in [5, 5.41) is -0.241. The molecular formula is C16H22N2OS2. The van der Waals surface area contributed by atoms with E-state index in [1.807, 2.05) is 30.0 Å². The van der Waals surface area contributed by atoms with E-state index in [1.165, 1.54) is 17.3 Å². The number of ketones is 1. The lowest BCUT2D eigenvalue weighted by molar-refractivity contribution is -0.118. The van der Waals surface area contributed by atoms with Crippen LogP contribution in [-0.2, 0) is 11.2 Å². The SMILES string of the molecule is CCCCN1C(=S)S[C@@H](C(=O)Cc2cccc(C)c2)[C@H]1N. The van der Waals surface area contributed by atoms with Gasteiger partial charge in [0.2, 0.25) is 0 Å². The maximum atomic E-state index is 12.5. The number of nitrogens with two attached hydrogens (primary N) is 1. The van der Waals surface area contributed by atoms with Gasteiger partial charge in [-0.05, 0) is 18.9 Å². The van der Waals surface area contributed by atoms with Crippen LogP contribution in [0.25, 0.3) is 0 Å². The number of Topliss-reactive ketones (excluding diaryl/α,β-unsaturated/α-hetero) is 1. The highest BCUT2D eigenvalue weighted by Gasteiger charge is 2.39. The molecule has 114 valence electrons. The first kappa shape index (κ1) is 16.5. The summed E-state index contributed by atoms with van der Waals surface area (Å²) in [5.74, 6) is 0.166. The zero-order chi connectivity index (χ0) is 15.4. The minimum atomic E-state index is -0.286. The minimum Gasteiger partial charge on any atom is -0.341 e. The van der Waals surface area contributed by atoms with Crippen LogP contribution < -0.4 is 5.73 Å². The second-order valence-corrected chi connectivity index (χ2v) is 7.25. The zero-order valence-corrected chi connectivity index (χ0v) is 14.2. The van der Waals surface area contributed by atoms with Gasteiger partial charge in [0.05, 0.1) is 6.17 Å². The molecule has 0 bridgehead atoms. The molecule has 2 atom stereocenters. The fourth-order valence-corrected chi connectivity index (χ4v) is 4.07. The van der Waals surface area contributed by atoms with Gasteiger partial charge in [-0.1, -0.05) is 67.2 Å². The second kappa shape index (κ2) is 7.38. The highest BCUT2D eigenvalue weighted by Crippen LogP contribution is 2.31. The number of hydrogen-bond acceptors (Lipinski definition) is 4. The van der Waals surface area contributed by atoms with Crippen molar-refractivity contribution >= 4 is 34.1 Å². The van der Waals surface area contributed by atoms with E-state index >= 15 is 0 Å². The maximum absolute atomic E-state index is 12.5. The van der Waals surface area contributed by atoms with Crippen molar-refractivity contribution < 1.29 is 4.79 Å². The van der Waals surface area contributed by atoms with E-state index < -0.39 is 0 Å². The third kappa shape index (κ3) is 4.05. The summed E-state index contributed by atoms with van der Waals surface area (Å²) in [4.78, 5) is 14.5. The molecule has 0 radical (unpaired) electrons. The largest absolute Gasteiger partial charge is 0.341 e. The van der Waals surface area contributed by atoms with Crippen molar-refractivity contribution in [3.8, 4) is 0 Å². The molecular weight excluding hydrogens is 300 g/mol. The molecule has 21 heavy (non-hydrogen) atoms. The Hall–Kier alpha value is -0.910. The third-order valence-corrected chi connectivity index (χ3v) is 5.42. The number of aryl methyl sites for hydroxylation is 1. The Labute approximate surface area is 136 Å². The van der Waals surface area contributed by atoms with Crippen LogP contribution in [0.15, 0.2) is 24.3 Å². The Balaban J connectivity index is 2.01. The van der Waals surface area contributed by atoms with Crippen molar-refractivity contribution in [1.29, 1.82) is 0 Å². The molecule has 0 amide bonds. The molecule has 1 aliphatic rings. The van der Waals surface area contributed by atoms with Gasteiger partial charge in [0.1, 0.15) is 9.57 Å². The Morgan fingerprint density at radius 1 is 1.48 bits per heavy atom. The van der Waals surface area contributed by atoms with Crippen molar-refractivity contribution in [3.63, 3.8) is 0 Å². The molecule has 1 aromatic rings. The third-order valence-electron chi connectivity index (χ3n) is 3.66. The molecule has 2 N–H and O–H groups in total. The molecule has 1 fully saturated rings. The molecule has 1 saturated heterocycles. The van der Waals surface area contributed by atoms with E-state index in [1.54, 1.807) is 0 Å². The van der Waals surface area contributed by atoms with Crippen molar-refractivity contribution in [2.24, 2.45) is 5.73 Å². The number of nitrogens with zero attached hydrogens (tertiary/aromatic N) is 1. The van der Waals surface area contributed by atoms with Crippen molar-refractivity contribution in [2.45, 2.75) is 44.5 Å². The van der Waals surface area contributed by atoms with Crippen LogP contribution in [-0.4, -0.2) is 33.0 Å². The average molecular weight is 322 g/mol. The monoisotopic (exact) mass is 322 g/mol. The highest BCUT2D eigenvalue weighted by molar-refractivity contribution is 8.24. The number of thioether (sulfide) groups is 1. The van der Waals surface area contributed by atoms with Crippen LogP contribution in [0.2, 0.25) is 0 Å². The second-order valence-electron chi connectivity index (χ2n) is 5.47. The molecule has 0 unspecified atom stereocenters. The van der Waals surface area contributed by atoms with Crippen molar-refractivity contribution in [1.82, 2.24) is 4.90 Å². The summed E-state index contributed by atoms with van der Waals surface area (Å²) in [6.45, 7) is 5.02. The van der Waals surface area contributed by atoms with Crippen LogP contribution in [0.1, 0.15) is 30.9 Å². The normalized spacial score (nSPS) is 21.9. The molecule has 0 saturated carbocycles. The summed E-state index contributed by atoms with van der Waals surface area (Å²) in [6.07, 6.45) is 2.29. The van der Waals surface area contributed by atoms with E-state index in [0.29, 0.717) is 6.42 Å². The van der Waals surface area contributed by atoms with Gasteiger partial charge in [-0.25, -0.2) is 0 Å². The number of hydrogen-bond donors (Lipinski definition) is 1. The predicted octanol–water partition coefficient (Wildman–Crippen LogP) is 2.89. The molecule has 0 aromatic heterocycles. The van der Waals surface area contributed by atoms with E-state index in [4.69, 9.17) is 18.0 Å². The zero-order valence-electron chi connectivity index (χ0n) is 12.5. The van der Waals surface area contributed by atoms with Crippen LogP contribution in [0.5, 0.6) is 0 Å². The minimum absolute atomic E-state index is 0.166. The fraction of sp³-hybridized carbons (Fsp3) is 0.500. The fourth-order valence-electron chi connectivity index (χ4n) is 2.48. The lowest BCUT2D eigenvalue weighted by atomic mass is 10.0. The molecule has 1 aliphatic heterocycles. The maximum Gasteiger partial charge on any atom is 0.154 e. The van der Waals surface area contributed by atoms with E-state index in [9.17, 15) is 4.79 Å². The van der Waals surface area contributed by atoms with Crippen LogP contribution in [0.4, 0.5) is 0 Å². The van der Waals surface area contributed by atoms with Gasteiger partial charge < -0.3 is 10.6 Å². The predicted molar refractivity (Wildman–Crippen MR) is 93.5 cm³/mol. The highest BCUT2D eigenvalue weighted by atomic mass is 32.2. The number of rotatable bonds is 6. The molecule has 5 heteroatoms. The molecule has 0 spiro atoms. The van der Waals surface area contributed by atoms with Gasteiger partial charge in [-0.2, -0.15) is 0 Å². The number of carbonyl (C=O) groups is 1. The Bertz CT molecular complexity index is 533. The van der Waals surface area contributed by atoms with Gasteiger partial charge >= 0.3 is 0 Å². The standard InChI is InChI=1S/C16H22N2OS2/c1-3-4-8-18-15(17)14(21-16(18)20)13(19)10-12-7-5-6-11(2)9-12/h5-7,9,14-15H,3-4,8,10,17H2,1-2H3/t14-,15-/m0/s1.